The molecule has 0 spiro atoms. The third kappa shape index (κ3) is 3.12. The van der Waals surface area contributed by atoms with Gasteiger partial charge in [-0.25, -0.2) is 0 Å². The van der Waals surface area contributed by atoms with Crippen LogP contribution in [-0.2, 0) is 12.8 Å². The van der Waals surface area contributed by atoms with E-state index < -0.39 is 0 Å². The zero-order valence-electron chi connectivity index (χ0n) is 11.9. The van der Waals surface area contributed by atoms with Gasteiger partial charge in [0, 0.05) is 16.9 Å². The molecule has 0 radical (unpaired) electrons. The first-order valence-corrected chi connectivity index (χ1v) is 7.67. The van der Waals surface area contributed by atoms with Gasteiger partial charge in [-0.15, -0.1) is 0 Å². The van der Waals surface area contributed by atoms with Crippen LogP contribution in [0.1, 0.15) is 38.3 Å². The van der Waals surface area contributed by atoms with Gasteiger partial charge in [-0.2, -0.15) is 0 Å². The van der Waals surface area contributed by atoms with Crippen molar-refractivity contribution in [2.24, 2.45) is 11.3 Å². The predicted octanol–water partition coefficient (Wildman–Crippen LogP) is 3.19. The third-order valence-electron chi connectivity index (χ3n) is 4.31. The molecule has 3 nitrogen and oxygen atoms in total. The highest BCUT2D eigenvalue weighted by Gasteiger charge is 2.29. The first-order valence-electron chi connectivity index (χ1n) is 6.88. The molecular formula is C15H23BrN2O. The average Bonchev–Trinajstić information content (AvgIpc) is 2.83. The van der Waals surface area contributed by atoms with Gasteiger partial charge in [-0.1, -0.05) is 36.7 Å². The number of nitrogens with one attached hydrogen (secondary N) is 1. The maximum Gasteiger partial charge on any atom is 0.125 e. The van der Waals surface area contributed by atoms with Gasteiger partial charge in [0.05, 0.1) is 6.61 Å². The minimum atomic E-state index is 0.155. The maximum absolute atomic E-state index is 5.79. The van der Waals surface area contributed by atoms with Crippen LogP contribution < -0.4 is 16.0 Å². The number of ether oxygens (including phenoxy) is 1. The Labute approximate surface area is 124 Å². The van der Waals surface area contributed by atoms with Crippen molar-refractivity contribution in [3.63, 3.8) is 0 Å². The molecule has 1 aromatic carbocycles. The standard InChI is InChI=1S/C15H23BrN2O/c1-4-15(2,3)13(18-17)9-11-8-12(16)7-10-5-6-19-14(10)11/h7-8,13,18H,4-6,9,17H2,1-3H3. The number of nitrogens with two attached hydrogens (primary N) is 1. The molecule has 1 heterocycles. The number of benzene rings is 1. The third-order valence-corrected chi connectivity index (χ3v) is 4.76. The molecule has 3 N–H and O–H groups in total. The van der Waals surface area contributed by atoms with Gasteiger partial charge in [-0.3, -0.25) is 11.3 Å². The zero-order chi connectivity index (χ0) is 14.0. The summed E-state index contributed by atoms with van der Waals surface area (Å²) >= 11 is 3.59. The van der Waals surface area contributed by atoms with E-state index in [0.717, 1.165) is 36.1 Å². The van der Waals surface area contributed by atoms with E-state index in [1.807, 2.05) is 0 Å². The number of fused-ring (bicyclic) bond motifs is 1. The molecule has 0 aromatic heterocycles. The van der Waals surface area contributed by atoms with Crippen LogP contribution in [0.3, 0.4) is 0 Å². The summed E-state index contributed by atoms with van der Waals surface area (Å²) in [7, 11) is 0. The molecule has 19 heavy (non-hydrogen) atoms. The molecule has 2 rings (SSSR count). The molecule has 1 unspecified atom stereocenters. The lowest BCUT2D eigenvalue weighted by molar-refractivity contribution is 0.230. The lowest BCUT2D eigenvalue weighted by atomic mass is 9.79. The molecule has 106 valence electrons. The first-order chi connectivity index (χ1) is 8.97. The van der Waals surface area contributed by atoms with Crippen molar-refractivity contribution in [1.29, 1.82) is 0 Å². The number of hydrazine groups is 1. The van der Waals surface area contributed by atoms with Crippen molar-refractivity contribution < 1.29 is 4.74 Å². The Kier molecular flexibility index (Phi) is 4.54. The Morgan fingerprint density at radius 2 is 2.21 bits per heavy atom. The van der Waals surface area contributed by atoms with Crippen LogP contribution in [0.2, 0.25) is 0 Å². The SMILES string of the molecule is CCC(C)(C)C(Cc1cc(Br)cc2c1OCC2)NN. The highest BCUT2D eigenvalue weighted by molar-refractivity contribution is 9.10. The fourth-order valence-corrected chi connectivity index (χ4v) is 3.08. The molecule has 0 saturated heterocycles. The number of rotatable bonds is 5. The van der Waals surface area contributed by atoms with Gasteiger partial charge in [0.1, 0.15) is 5.75 Å². The van der Waals surface area contributed by atoms with E-state index in [1.54, 1.807) is 0 Å². The van der Waals surface area contributed by atoms with Crippen LogP contribution in [0.15, 0.2) is 16.6 Å². The summed E-state index contributed by atoms with van der Waals surface area (Å²) in [6, 6.07) is 4.54. The Morgan fingerprint density at radius 3 is 2.84 bits per heavy atom. The minimum absolute atomic E-state index is 0.155. The first kappa shape index (κ1) is 14.8. The fraction of sp³-hybridized carbons (Fsp3) is 0.600. The molecule has 0 saturated carbocycles. The quantitative estimate of drug-likeness (QED) is 0.645. The molecule has 1 aromatic rings. The topological polar surface area (TPSA) is 47.3 Å². The molecular weight excluding hydrogens is 304 g/mol. The lowest BCUT2D eigenvalue weighted by Crippen LogP contribution is -2.47. The van der Waals surface area contributed by atoms with Crippen LogP contribution in [0, 0.1) is 5.41 Å². The average molecular weight is 327 g/mol. The van der Waals surface area contributed by atoms with E-state index in [9.17, 15) is 0 Å². The fourth-order valence-electron chi connectivity index (χ4n) is 2.52. The van der Waals surface area contributed by atoms with Gasteiger partial charge in [0.15, 0.2) is 0 Å². The Bertz CT molecular complexity index is 460. The summed E-state index contributed by atoms with van der Waals surface area (Å²) in [5, 5.41) is 0. The second-order valence-corrected chi connectivity index (χ2v) is 6.83. The monoisotopic (exact) mass is 326 g/mol. The van der Waals surface area contributed by atoms with Crippen molar-refractivity contribution in [3.8, 4) is 5.75 Å². The van der Waals surface area contributed by atoms with E-state index in [4.69, 9.17) is 10.6 Å². The van der Waals surface area contributed by atoms with Crippen molar-refractivity contribution >= 4 is 15.9 Å². The highest BCUT2D eigenvalue weighted by Crippen LogP contribution is 2.36. The molecule has 0 fully saturated rings. The lowest BCUT2D eigenvalue weighted by Gasteiger charge is -2.33. The van der Waals surface area contributed by atoms with E-state index in [2.05, 4.69) is 54.3 Å². The number of halogens is 1. The Hall–Kier alpha value is -0.580. The Morgan fingerprint density at radius 1 is 1.47 bits per heavy atom. The van der Waals surface area contributed by atoms with Gasteiger partial charge < -0.3 is 4.74 Å². The van der Waals surface area contributed by atoms with Gasteiger partial charge >= 0.3 is 0 Å². The van der Waals surface area contributed by atoms with E-state index in [-0.39, 0.29) is 11.5 Å². The van der Waals surface area contributed by atoms with Crippen molar-refractivity contribution in [2.75, 3.05) is 6.61 Å². The normalized spacial score (nSPS) is 16.1. The zero-order valence-corrected chi connectivity index (χ0v) is 13.5. The van der Waals surface area contributed by atoms with E-state index in [0.29, 0.717) is 0 Å². The summed E-state index contributed by atoms with van der Waals surface area (Å²) in [5.41, 5.74) is 5.68. The number of hydrogen-bond acceptors (Lipinski definition) is 3. The second-order valence-electron chi connectivity index (χ2n) is 5.92. The van der Waals surface area contributed by atoms with E-state index >= 15 is 0 Å². The largest absolute Gasteiger partial charge is 0.493 e. The van der Waals surface area contributed by atoms with Crippen LogP contribution in [-0.4, -0.2) is 12.6 Å². The molecule has 0 amide bonds. The van der Waals surface area contributed by atoms with Crippen LogP contribution in [0.25, 0.3) is 0 Å². The summed E-state index contributed by atoms with van der Waals surface area (Å²) < 4.78 is 6.91. The summed E-state index contributed by atoms with van der Waals surface area (Å²) in [5.74, 6) is 6.83. The molecule has 1 aliphatic heterocycles. The number of hydrogen-bond donors (Lipinski definition) is 2. The van der Waals surface area contributed by atoms with Gasteiger partial charge in [0.2, 0.25) is 0 Å². The van der Waals surface area contributed by atoms with Crippen LogP contribution >= 0.6 is 15.9 Å². The smallest absolute Gasteiger partial charge is 0.125 e. The highest BCUT2D eigenvalue weighted by atomic mass is 79.9. The molecule has 1 atom stereocenters. The molecule has 1 aliphatic rings. The second kappa shape index (κ2) is 5.81. The van der Waals surface area contributed by atoms with Crippen molar-refractivity contribution in [2.45, 2.75) is 46.1 Å². The van der Waals surface area contributed by atoms with Gasteiger partial charge in [-0.05, 0) is 41.5 Å². The Balaban J connectivity index is 2.28. The molecule has 0 bridgehead atoms. The van der Waals surface area contributed by atoms with Gasteiger partial charge in [0.25, 0.3) is 0 Å². The van der Waals surface area contributed by atoms with Crippen molar-refractivity contribution in [3.05, 3.63) is 27.7 Å². The van der Waals surface area contributed by atoms with Crippen LogP contribution in [0.4, 0.5) is 0 Å². The molecule has 4 heteroatoms. The predicted molar refractivity (Wildman–Crippen MR) is 82.2 cm³/mol. The summed E-state index contributed by atoms with van der Waals surface area (Å²) in [4.78, 5) is 0. The van der Waals surface area contributed by atoms with E-state index in [1.165, 1.54) is 11.1 Å². The summed E-state index contributed by atoms with van der Waals surface area (Å²) in [6.45, 7) is 7.48. The van der Waals surface area contributed by atoms with Crippen molar-refractivity contribution in [1.82, 2.24) is 5.43 Å². The minimum Gasteiger partial charge on any atom is -0.493 e. The maximum atomic E-state index is 5.79. The summed E-state index contributed by atoms with van der Waals surface area (Å²) in [6.07, 6.45) is 2.97. The van der Waals surface area contributed by atoms with Crippen LogP contribution in [0.5, 0.6) is 5.75 Å². The molecule has 0 aliphatic carbocycles.